The first-order valence-corrected chi connectivity index (χ1v) is 8.74. The van der Waals surface area contributed by atoms with Crippen molar-refractivity contribution < 1.29 is 0 Å². The average Bonchev–Trinajstić information content (AvgIpc) is 2.86. The van der Waals surface area contributed by atoms with Crippen LogP contribution in [0.3, 0.4) is 0 Å². The van der Waals surface area contributed by atoms with E-state index < -0.39 is 0 Å². The van der Waals surface area contributed by atoms with Crippen LogP contribution in [-0.4, -0.2) is 0 Å². The summed E-state index contributed by atoms with van der Waals surface area (Å²) < 4.78 is 3.48. The number of benzene rings is 2. The fraction of sp³-hybridized carbons (Fsp3) is 0.125. The van der Waals surface area contributed by atoms with E-state index in [4.69, 9.17) is 0 Å². The SMILES string of the molecule is CC(Nc1ccc(Br)cc1Br)c1cc2ccccc2s1. The molecule has 0 aliphatic rings. The van der Waals surface area contributed by atoms with Crippen LogP contribution in [-0.2, 0) is 0 Å². The van der Waals surface area contributed by atoms with Gasteiger partial charge in [0.15, 0.2) is 0 Å². The highest BCUT2D eigenvalue weighted by Crippen LogP contribution is 2.33. The number of nitrogens with one attached hydrogen (secondary N) is 1. The molecule has 0 fully saturated rings. The molecule has 1 N–H and O–H groups in total. The Kier molecular flexibility index (Phi) is 4.15. The van der Waals surface area contributed by atoms with Crippen molar-refractivity contribution in [2.75, 3.05) is 5.32 Å². The second kappa shape index (κ2) is 5.88. The minimum Gasteiger partial charge on any atom is -0.377 e. The van der Waals surface area contributed by atoms with Gasteiger partial charge < -0.3 is 5.32 Å². The van der Waals surface area contributed by atoms with E-state index in [1.807, 2.05) is 17.4 Å². The van der Waals surface area contributed by atoms with Gasteiger partial charge in [-0.25, -0.2) is 0 Å². The highest BCUT2D eigenvalue weighted by molar-refractivity contribution is 9.11. The molecule has 4 heteroatoms. The molecule has 3 rings (SSSR count). The van der Waals surface area contributed by atoms with Crippen molar-refractivity contribution in [3.63, 3.8) is 0 Å². The zero-order chi connectivity index (χ0) is 14.1. The van der Waals surface area contributed by atoms with Crippen LogP contribution in [0.2, 0.25) is 0 Å². The maximum atomic E-state index is 3.59. The highest BCUT2D eigenvalue weighted by atomic mass is 79.9. The van der Waals surface area contributed by atoms with Crippen molar-refractivity contribution >= 4 is 59.0 Å². The van der Waals surface area contributed by atoms with Crippen LogP contribution in [0.15, 0.2) is 57.5 Å². The van der Waals surface area contributed by atoms with Gasteiger partial charge in [0, 0.05) is 24.2 Å². The Labute approximate surface area is 139 Å². The van der Waals surface area contributed by atoms with Crippen molar-refractivity contribution in [2.24, 2.45) is 0 Å². The Hall–Kier alpha value is -0.840. The molecule has 102 valence electrons. The van der Waals surface area contributed by atoms with Gasteiger partial charge in [0.1, 0.15) is 0 Å². The summed E-state index contributed by atoms with van der Waals surface area (Å²) in [6.45, 7) is 2.19. The number of anilines is 1. The van der Waals surface area contributed by atoms with E-state index in [9.17, 15) is 0 Å². The monoisotopic (exact) mass is 409 g/mol. The third-order valence-electron chi connectivity index (χ3n) is 3.17. The Bertz CT molecular complexity index is 718. The van der Waals surface area contributed by atoms with Gasteiger partial charge in [-0.1, -0.05) is 34.1 Å². The topological polar surface area (TPSA) is 12.0 Å². The molecule has 20 heavy (non-hydrogen) atoms. The lowest BCUT2D eigenvalue weighted by Gasteiger charge is -2.15. The number of rotatable bonds is 3. The second-order valence-electron chi connectivity index (χ2n) is 4.68. The van der Waals surface area contributed by atoms with Crippen LogP contribution in [0.5, 0.6) is 0 Å². The fourth-order valence-corrected chi connectivity index (χ4v) is 4.36. The molecule has 0 bridgehead atoms. The second-order valence-corrected chi connectivity index (χ2v) is 7.56. The smallest absolute Gasteiger partial charge is 0.0579 e. The predicted molar refractivity (Wildman–Crippen MR) is 95.7 cm³/mol. The maximum absolute atomic E-state index is 3.59. The zero-order valence-corrected chi connectivity index (χ0v) is 14.8. The van der Waals surface area contributed by atoms with E-state index in [1.54, 1.807) is 0 Å². The third-order valence-corrected chi connectivity index (χ3v) is 5.62. The number of hydrogen-bond donors (Lipinski definition) is 1. The van der Waals surface area contributed by atoms with E-state index in [0.29, 0.717) is 0 Å². The quantitative estimate of drug-likeness (QED) is 0.512. The largest absolute Gasteiger partial charge is 0.377 e. The molecular weight excluding hydrogens is 398 g/mol. The first-order chi connectivity index (χ1) is 9.63. The Morgan fingerprint density at radius 3 is 2.60 bits per heavy atom. The molecular formula is C16H13Br2NS. The summed E-state index contributed by atoms with van der Waals surface area (Å²) in [6, 6.07) is 17.2. The first kappa shape index (κ1) is 14.1. The van der Waals surface area contributed by atoms with Crippen LogP contribution < -0.4 is 5.32 Å². The van der Waals surface area contributed by atoms with E-state index in [2.05, 4.69) is 86.6 Å². The molecule has 0 aliphatic carbocycles. The summed E-state index contributed by atoms with van der Waals surface area (Å²) in [5.74, 6) is 0. The molecule has 1 nitrogen and oxygen atoms in total. The van der Waals surface area contributed by atoms with Gasteiger partial charge in [0.05, 0.1) is 6.04 Å². The maximum Gasteiger partial charge on any atom is 0.0579 e. The molecule has 0 spiro atoms. The minimum atomic E-state index is 0.282. The van der Waals surface area contributed by atoms with Crippen molar-refractivity contribution in [3.8, 4) is 0 Å². The predicted octanol–water partition coefficient (Wildman–Crippen LogP) is 6.60. The van der Waals surface area contributed by atoms with Gasteiger partial charge in [0.2, 0.25) is 0 Å². The Morgan fingerprint density at radius 1 is 1.05 bits per heavy atom. The summed E-state index contributed by atoms with van der Waals surface area (Å²) in [5.41, 5.74) is 1.11. The molecule has 0 saturated heterocycles. The van der Waals surface area contributed by atoms with Gasteiger partial charge in [-0.05, 0) is 58.6 Å². The van der Waals surface area contributed by atoms with Gasteiger partial charge in [-0.3, -0.25) is 0 Å². The molecule has 1 atom stereocenters. The molecule has 1 heterocycles. The van der Waals surface area contributed by atoms with E-state index in [0.717, 1.165) is 14.6 Å². The van der Waals surface area contributed by atoms with Crippen LogP contribution >= 0.6 is 43.2 Å². The van der Waals surface area contributed by atoms with Crippen LogP contribution in [0.4, 0.5) is 5.69 Å². The lowest BCUT2D eigenvalue weighted by Crippen LogP contribution is -2.05. The summed E-state index contributed by atoms with van der Waals surface area (Å²) in [5, 5.41) is 4.87. The zero-order valence-electron chi connectivity index (χ0n) is 10.9. The first-order valence-electron chi connectivity index (χ1n) is 6.33. The van der Waals surface area contributed by atoms with Gasteiger partial charge >= 0.3 is 0 Å². The van der Waals surface area contributed by atoms with Crippen LogP contribution in [0, 0.1) is 0 Å². The molecule has 0 amide bonds. The fourth-order valence-electron chi connectivity index (χ4n) is 2.13. The molecule has 0 saturated carbocycles. The molecule has 0 aliphatic heterocycles. The van der Waals surface area contributed by atoms with Crippen LogP contribution in [0.25, 0.3) is 10.1 Å². The molecule has 3 aromatic rings. The third kappa shape index (κ3) is 2.92. The number of thiophene rings is 1. The lowest BCUT2D eigenvalue weighted by molar-refractivity contribution is 0.907. The van der Waals surface area contributed by atoms with Crippen molar-refractivity contribution in [1.82, 2.24) is 0 Å². The van der Waals surface area contributed by atoms with E-state index in [-0.39, 0.29) is 6.04 Å². The summed E-state index contributed by atoms with van der Waals surface area (Å²) >= 11 is 8.92. The van der Waals surface area contributed by atoms with Gasteiger partial charge in [0.25, 0.3) is 0 Å². The van der Waals surface area contributed by atoms with Crippen molar-refractivity contribution in [3.05, 3.63) is 62.4 Å². The molecule has 0 radical (unpaired) electrons. The molecule has 1 aromatic heterocycles. The number of halogens is 2. The van der Waals surface area contributed by atoms with Crippen molar-refractivity contribution in [2.45, 2.75) is 13.0 Å². The van der Waals surface area contributed by atoms with E-state index >= 15 is 0 Å². The normalized spacial score (nSPS) is 12.6. The van der Waals surface area contributed by atoms with Gasteiger partial charge in [-0.15, -0.1) is 11.3 Å². The van der Waals surface area contributed by atoms with Gasteiger partial charge in [-0.2, -0.15) is 0 Å². The van der Waals surface area contributed by atoms with E-state index in [1.165, 1.54) is 15.0 Å². The average molecular weight is 411 g/mol. The summed E-state index contributed by atoms with van der Waals surface area (Å²) in [7, 11) is 0. The Balaban J connectivity index is 1.86. The lowest BCUT2D eigenvalue weighted by atomic mass is 10.2. The van der Waals surface area contributed by atoms with Crippen molar-refractivity contribution in [1.29, 1.82) is 0 Å². The summed E-state index contributed by atoms with van der Waals surface area (Å²) in [4.78, 5) is 1.35. The highest BCUT2D eigenvalue weighted by Gasteiger charge is 2.11. The summed E-state index contributed by atoms with van der Waals surface area (Å²) in [6.07, 6.45) is 0. The number of hydrogen-bond acceptors (Lipinski definition) is 2. The molecule has 2 aromatic carbocycles. The number of fused-ring (bicyclic) bond motifs is 1. The standard InChI is InChI=1S/C16H13Br2NS/c1-10(19-14-7-6-12(17)9-13(14)18)16-8-11-4-2-3-5-15(11)20-16/h2-10,19H,1H3. The Morgan fingerprint density at radius 2 is 1.85 bits per heavy atom. The van der Waals surface area contributed by atoms with Crippen LogP contribution in [0.1, 0.15) is 17.8 Å². The minimum absolute atomic E-state index is 0.282. The molecule has 1 unspecified atom stereocenters.